The first kappa shape index (κ1) is 17.5. The van der Waals surface area contributed by atoms with Crippen LogP contribution in [0.2, 0.25) is 0 Å². The van der Waals surface area contributed by atoms with Crippen LogP contribution in [0.5, 0.6) is 0 Å². The predicted octanol–water partition coefficient (Wildman–Crippen LogP) is 3.57. The van der Waals surface area contributed by atoms with Crippen LogP contribution in [0.4, 0.5) is 5.00 Å². The molecule has 1 amide bonds. The van der Waals surface area contributed by atoms with Crippen LogP contribution in [0, 0.1) is 0 Å². The van der Waals surface area contributed by atoms with E-state index in [4.69, 9.17) is 9.94 Å². The van der Waals surface area contributed by atoms with E-state index >= 15 is 0 Å². The van der Waals surface area contributed by atoms with Crippen molar-refractivity contribution in [2.24, 2.45) is 5.16 Å². The van der Waals surface area contributed by atoms with Gasteiger partial charge in [-0.25, -0.2) is 4.79 Å². The molecule has 1 aliphatic rings. The smallest absolute Gasteiger partial charge is 0.341 e. The molecule has 2 N–H and O–H groups in total. The number of hydrogen-bond acceptors (Lipinski definition) is 6. The van der Waals surface area contributed by atoms with Gasteiger partial charge in [0.25, 0.3) is 0 Å². The van der Waals surface area contributed by atoms with Crippen LogP contribution >= 0.6 is 11.3 Å². The molecule has 0 atom stereocenters. The lowest BCUT2D eigenvalue weighted by atomic mass is 9.94. The molecule has 2 rings (SSSR count). The fraction of sp³-hybridized carbons (Fsp3) is 0.562. The Balaban J connectivity index is 2.38. The summed E-state index contributed by atoms with van der Waals surface area (Å²) in [7, 11) is 0. The van der Waals surface area contributed by atoms with Gasteiger partial charge < -0.3 is 15.3 Å². The second-order valence-corrected chi connectivity index (χ2v) is 6.41. The van der Waals surface area contributed by atoms with Gasteiger partial charge in [0.2, 0.25) is 5.91 Å². The number of oxime groups is 1. The number of rotatable bonds is 6. The molecule has 0 unspecified atom stereocenters. The highest BCUT2D eigenvalue weighted by molar-refractivity contribution is 7.19. The van der Waals surface area contributed by atoms with Crippen LogP contribution in [-0.4, -0.2) is 29.4 Å². The van der Waals surface area contributed by atoms with E-state index in [1.165, 1.54) is 11.3 Å². The van der Waals surface area contributed by atoms with E-state index in [9.17, 15) is 9.59 Å². The molecule has 126 valence electrons. The van der Waals surface area contributed by atoms with E-state index < -0.39 is 5.97 Å². The molecule has 1 aromatic heterocycles. The maximum absolute atomic E-state index is 12.3. The van der Waals surface area contributed by atoms with Crippen molar-refractivity contribution in [1.29, 1.82) is 0 Å². The first-order valence-corrected chi connectivity index (χ1v) is 8.77. The summed E-state index contributed by atoms with van der Waals surface area (Å²) < 4.78 is 5.14. The molecular weight excluding hydrogens is 316 g/mol. The molecule has 0 aromatic carbocycles. The number of carbonyl (C=O) groups is 2. The maximum Gasteiger partial charge on any atom is 0.341 e. The Morgan fingerprint density at radius 1 is 1.35 bits per heavy atom. The minimum absolute atomic E-state index is 0.113. The average molecular weight is 338 g/mol. The van der Waals surface area contributed by atoms with Crippen molar-refractivity contribution in [3.63, 3.8) is 0 Å². The van der Waals surface area contributed by atoms with Crippen molar-refractivity contribution in [1.82, 2.24) is 0 Å². The third kappa shape index (κ3) is 3.90. The van der Waals surface area contributed by atoms with Crippen molar-refractivity contribution in [2.45, 2.75) is 52.4 Å². The van der Waals surface area contributed by atoms with Crippen molar-refractivity contribution >= 4 is 33.9 Å². The van der Waals surface area contributed by atoms with E-state index in [1.54, 1.807) is 6.92 Å². The molecular formula is C16H22N2O4S. The number of carbonyl (C=O) groups excluding carboxylic acids is 2. The molecule has 0 saturated carbocycles. The van der Waals surface area contributed by atoms with Gasteiger partial charge >= 0.3 is 5.97 Å². The number of ether oxygens (including phenoxy) is 1. The van der Waals surface area contributed by atoms with Crippen molar-refractivity contribution in [3.05, 3.63) is 16.0 Å². The quantitative estimate of drug-likeness (QED) is 0.471. The fourth-order valence-electron chi connectivity index (χ4n) is 2.61. The molecule has 1 aromatic rings. The van der Waals surface area contributed by atoms with Crippen LogP contribution in [0.3, 0.4) is 0 Å². The highest BCUT2D eigenvalue weighted by atomic mass is 32.1. The Morgan fingerprint density at radius 3 is 2.78 bits per heavy atom. The Kier molecular flexibility index (Phi) is 6.15. The number of fused-ring (bicyclic) bond motifs is 1. The van der Waals surface area contributed by atoms with E-state index in [0.29, 0.717) is 35.5 Å². The summed E-state index contributed by atoms with van der Waals surface area (Å²) in [6.45, 7) is 4.04. The molecule has 23 heavy (non-hydrogen) atoms. The Bertz CT molecular complexity index is 622. The molecule has 0 radical (unpaired) electrons. The van der Waals surface area contributed by atoms with Crippen LogP contribution in [0.25, 0.3) is 0 Å². The predicted molar refractivity (Wildman–Crippen MR) is 89.7 cm³/mol. The zero-order valence-electron chi connectivity index (χ0n) is 13.5. The van der Waals surface area contributed by atoms with Crippen molar-refractivity contribution in [2.75, 3.05) is 11.9 Å². The third-order valence-corrected chi connectivity index (χ3v) is 4.92. The second kappa shape index (κ2) is 8.10. The zero-order chi connectivity index (χ0) is 16.8. The van der Waals surface area contributed by atoms with E-state index in [2.05, 4.69) is 10.5 Å². The molecule has 0 bridgehead atoms. The van der Waals surface area contributed by atoms with Crippen LogP contribution in [-0.2, 0) is 16.0 Å². The average Bonchev–Trinajstić information content (AvgIpc) is 2.90. The van der Waals surface area contributed by atoms with Crippen LogP contribution < -0.4 is 5.32 Å². The van der Waals surface area contributed by atoms with Crippen molar-refractivity contribution < 1.29 is 19.5 Å². The summed E-state index contributed by atoms with van der Waals surface area (Å²) in [4.78, 5) is 25.1. The van der Waals surface area contributed by atoms with Gasteiger partial charge in [-0.15, -0.1) is 11.3 Å². The number of esters is 1. The number of thiophene rings is 1. The lowest BCUT2D eigenvalue weighted by Crippen LogP contribution is -2.16. The lowest BCUT2D eigenvalue weighted by molar-refractivity contribution is -0.116. The van der Waals surface area contributed by atoms with Gasteiger partial charge in [0.05, 0.1) is 22.8 Å². The SMILES string of the molecule is CCCCC(=O)Nc1sc2c(c1C(=O)OCC)CCCC2=NO. The Labute approximate surface area is 139 Å². The summed E-state index contributed by atoms with van der Waals surface area (Å²) in [5.74, 6) is -0.548. The summed E-state index contributed by atoms with van der Waals surface area (Å²) in [5, 5.41) is 15.8. The summed E-state index contributed by atoms with van der Waals surface area (Å²) in [5.41, 5.74) is 1.80. The van der Waals surface area contributed by atoms with E-state index in [0.717, 1.165) is 29.7 Å². The van der Waals surface area contributed by atoms with Crippen LogP contribution in [0.15, 0.2) is 5.16 Å². The van der Waals surface area contributed by atoms with Gasteiger partial charge in [-0.3, -0.25) is 4.79 Å². The molecule has 0 spiro atoms. The first-order chi connectivity index (χ1) is 11.1. The third-order valence-electron chi connectivity index (χ3n) is 3.72. The zero-order valence-corrected chi connectivity index (χ0v) is 14.3. The van der Waals surface area contributed by atoms with Gasteiger partial charge in [0.1, 0.15) is 5.00 Å². The minimum atomic E-state index is -0.435. The van der Waals surface area contributed by atoms with Crippen LogP contribution in [0.1, 0.15) is 66.8 Å². The Hall–Kier alpha value is -1.89. The summed E-state index contributed by atoms with van der Waals surface area (Å²) >= 11 is 1.29. The highest BCUT2D eigenvalue weighted by Crippen LogP contribution is 2.39. The molecule has 0 fully saturated rings. The number of nitrogens with zero attached hydrogens (tertiary/aromatic N) is 1. The van der Waals surface area contributed by atoms with Gasteiger partial charge in [-0.1, -0.05) is 18.5 Å². The van der Waals surface area contributed by atoms with E-state index in [-0.39, 0.29) is 12.5 Å². The number of amides is 1. The molecule has 7 heteroatoms. The summed E-state index contributed by atoms with van der Waals surface area (Å²) in [6.07, 6.45) is 4.33. The number of unbranched alkanes of at least 4 members (excludes halogenated alkanes) is 1. The number of anilines is 1. The summed E-state index contributed by atoms with van der Waals surface area (Å²) in [6, 6.07) is 0. The molecule has 1 aliphatic carbocycles. The molecule has 6 nitrogen and oxygen atoms in total. The monoisotopic (exact) mass is 338 g/mol. The van der Waals surface area contributed by atoms with Gasteiger partial charge in [-0.2, -0.15) is 0 Å². The topological polar surface area (TPSA) is 88.0 Å². The largest absolute Gasteiger partial charge is 0.462 e. The van der Waals surface area contributed by atoms with E-state index in [1.807, 2.05) is 6.92 Å². The minimum Gasteiger partial charge on any atom is -0.462 e. The normalized spacial score (nSPS) is 15.3. The highest BCUT2D eigenvalue weighted by Gasteiger charge is 2.30. The molecule has 0 saturated heterocycles. The van der Waals surface area contributed by atoms with Gasteiger partial charge in [0, 0.05) is 6.42 Å². The van der Waals surface area contributed by atoms with Gasteiger partial charge in [0.15, 0.2) is 0 Å². The van der Waals surface area contributed by atoms with Crippen molar-refractivity contribution in [3.8, 4) is 0 Å². The van der Waals surface area contributed by atoms with Gasteiger partial charge in [-0.05, 0) is 38.2 Å². The maximum atomic E-state index is 12.3. The molecule has 1 heterocycles. The lowest BCUT2D eigenvalue weighted by Gasteiger charge is -2.13. The number of hydrogen-bond donors (Lipinski definition) is 2. The molecule has 0 aliphatic heterocycles. The fourth-order valence-corrected chi connectivity index (χ4v) is 3.88. The standard InChI is InChI=1S/C16H22N2O4S/c1-3-5-9-12(19)17-15-13(16(20)22-4-2)10-7-6-8-11(18-21)14(10)23-15/h21H,3-9H2,1-2H3,(H,17,19). The first-order valence-electron chi connectivity index (χ1n) is 7.96. The Morgan fingerprint density at radius 2 is 2.13 bits per heavy atom. The number of nitrogens with one attached hydrogen (secondary N) is 1. The second-order valence-electron chi connectivity index (χ2n) is 5.39.